The van der Waals surface area contributed by atoms with E-state index in [2.05, 4.69) is 0 Å². The molecule has 1 aliphatic rings. The second-order valence-corrected chi connectivity index (χ2v) is 3.68. The largest absolute Gasteiger partial charge is 0.376 e. The minimum atomic E-state index is -0.898. The third kappa shape index (κ3) is 2.37. The van der Waals surface area contributed by atoms with Crippen molar-refractivity contribution in [3.8, 4) is 0 Å². The molecule has 1 aromatic carbocycles. The molecular weight excluding hydrogens is 216 g/mol. The van der Waals surface area contributed by atoms with Crippen LogP contribution >= 0.6 is 0 Å². The summed E-state index contributed by atoms with van der Waals surface area (Å²) in [5.41, 5.74) is 6.40. The summed E-state index contributed by atoms with van der Waals surface area (Å²) in [5, 5.41) is 0. The Morgan fingerprint density at radius 3 is 2.69 bits per heavy atom. The van der Waals surface area contributed by atoms with Crippen molar-refractivity contribution >= 4 is 0 Å². The highest BCUT2D eigenvalue weighted by Crippen LogP contribution is 2.20. The van der Waals surface area contributed by atoms with Gasteiger partial charge in [0.15, 0.2) is 11.6 Å². The second-order valence-electron chi connectivity index (χ2n) is 3.68. The van der Waals surface area contributed by atoms with Crippen LogP contribution in [0.3, 0.4) is 0 Å². The molecule has 88 valence electrons. The third-order valence-corrected chi connectivity index (χ3v) is 2.57. The summed E-state index contributed by atoms with van der Waals surface area (Å²) >= 11 is 0. The van der Waals surface area contributed by atoms with Crippen molar-refractivity contribution in [1.29, 1.82) is 0 Å². The van der Waals surface area contributed by atoms with Gasteiger partial charge in [-0.05, 0) is 17.7 Å². The van der Waals surface area contributed by atoms with Crippen molar-refractivity contribution < 1.29 is 18.3 Å². The zero-order chi connectivity index (χ0) is 11.5. The van der Waals surface area contributed by atoms with Gasteiger partial charge in [0.05, 0.1) is 25.9 Å². The summed E-state index contributed by atoms with van der Waals surface area (Å²) in [6, 6.07) is 3.11. The fourth-order valence-electron chi connectivity index (χ4n) is 1.65. The van der Waals surface area contributed by atoms with E-state index in [-0.39, 0.29) is 6.10 Å². The molecule has 1 aliphatic heterocycles. The van der Waals surface area contributed by atoms with Crippen molar-refractivity contribution in [2.45, 2.75) is 12.1 Å². The van der Waals surface area contributed by atoms with Crippen LogP contribution in [0.25, 0.3) is 0 Å². The molecular formula is C11H13F2NO2. The lowest BCUT2D eigenvalue weighted by molar-refractivity contribution is -0.0976. The fourth-order valence-corrected chi connectivity index (χ4v) is 1.65. The van der Waals surface area contributed by atoms with Gasteiger partial charge in [-0.1, -0.05) is 6.07 Å². The molecule has 0 aliphatic carbocycles. The summed E-state index contributed by atoms with van der Waals surface area (Å²) in [7, 11) is 0. The number of hydrogen-bond acceptors (Lipinski definition) is 3. The van der Waals surface area contributed by atoms with E-state index in [0.29, 0.717) is 25.4 Å². The topological polar surface area (TPSA) is 44.5 Å². The van der Waals surface area contributed by atoms with Gasteiger partial charge >= 0.3 is 0 Å². The molecule has 2 rings (SSSR count). The van der Waals surface area contributed by atoms with Crippen LogP contribution in [0.2, 0.25) is 0 Å². The molecule has 1 fully saturated rings. The molecule has 0 radical (unpaired) electrons. The van der Waals surface area contributed by atoms with Crippen molar-refractivity contribution in [2.24, 2.45) is 5.73 Å². The predicted octanol–water partition coefficient (Wildman–Crippen LogP) is 1.38. The SMILES string of the molecule is NC(c1ccc(F)c(F)c1)C1COCCO1. The number of rotatable bonds is 2. The van der Waals surface area contributed by atoms with Crippen LogP contribution in [0.15, 0.2) is 18.2 Å². The highest BCUT2D eigenvalue weighted by molar-refractivity contribution is 5.22. The first-order valence-corrected chi connectivity index (χ1v) is 5.08. The Labute approximate surface area is 92.1 Å². The molecule has 0 aromatic heterocycles. The van der Waals surface area contributed by atoms with Crippen LogP contribution in [0.5, 0.6) is 0 Å². The van der Waals surface area contributed by atoms with Crippen molar-refractivity contribution in [3.63, 3.8) is 0 Å². The smallest absolute Gasteiger partial charge is 0.159 e. The van der Waals surface area contributed by atoms with E-state index in [1.807, 2.05) is 0 Å². The van der Waals surface area contributed by atoms with Gasteiger partial charge in [-0.15, -0.1) is 0 Å². The average Bonchev–Trinajstić information content (AvgIpc) is 2.33. The molecule has 0 saturated carbocycles. The van der Waals surface area contributed by atoms with Gasteiger partial charge in [-0.25, -0.2) is 8.78 Å². The minimum absolute atomic E-state index is 0.307. The molecule has 1 heterocycles. The van der Waals surface area contributed by atoms with Gasteiger partial charge in [-0.2, -0.15) is 0 Å². The zero-order valence-electron chi connectivity index (χ0n) is 8.66. The lowest BCUT2D eigenvalue weighted by atomic mass is 10.0. The third-order valence-electron chi connectivity index (χ3n) is 2.57. The molecule has 2 N–H and O–H groups in total. The van der Waals surface area contributed by atoms with Crippen LogP contribution < -0.4 is 5.73 Å². The zero-order valence-corrected chi connectivity index (χ0v) is 8.66. The van der Waals surface area contributed by atoms with E-state index in [4.69, 9.17) is 15.2 Å². The average molecular weight is 229 g/mol. The summed E-state index contributed by atoms with van der Waals surface area (Å²) in [5.74, 6) is -1.78. The monoisotopic (exact) mass is 229 g/mol. The van der Waals surface area contributed by atoms with Crippen LogP contribution in [0, 0.1) is 11.6 Å². The van der Waals surface area contributed by atoms with Gasteiger partial charge in [0, 0.05) is 0 Å². The highest BCUT2D eigenvalue weighted by atomic mass is 19.2. The first-order valence-electron chi connectivity index (χ1n) is 5.08. The maximum absolute atomic E-state index is 13.0. The Morgan fingerprint density at radius 2 is 2.06 bits per heavy atom. The van der Waals surface area contributed by atoms with Gasteiger partial charge in [0.2, 0.25) is 0 Å². The van der Waals surface area contributed by atoms with Crippen LogP contribution in [-0.4, -0.2) is 25.9 Å². The Kier molecular flexibility index (Phi) is 3.48. The lowest BCUT2D eigenvalue weighted by Crippen LogP contribution is -2.37. The number of benzene rings is 1. The Morgan fingerprint density at radius 1 is 1.25 bits per heavy atom. The molecule has 2 unspecified atom stereocenters. The Balaban J connectivity index is 2.12. The summed E-state index contributed by atoms with van der Waals surface area (Å²) in [6.07, 6.45) is -0.307. The molecule has 0 amide bonds. The first-order chi connectivity index (χ1) is 7.68. The first kappa shape index (κ1) is 11.4. The Hall–Kier alpha value is -1.04. The van der Waals surface area contributed by atoms with Gasteiger partial charge in [0.25, 0.3) is 0 Å². The van der Waals surface area contributed by atoms with Gasteiger partial charge in [-0.3, -0.25) is 0 Å². The summed E-state index contributed by atoms with van der Waals surface area (Å²) < 4.78 is 36.3. The van der Waals surface area contributed by atoms with Crippen molar-refractivity contribution in [2.75, 3.05) is 19.8 Å². The molecule has 16 heavy (non-hydrogen) atoms. The summed E-state index contributed by atoms with van der Waals surface area (Å²) in [4.78, 5) is 0. The maximum Gasteiger partial charge on any atom is 0.159 e. The number of ether oxygens (including phenoxy) is 2. The van der Waals surface area contributed by atoms with Gasteiger partial charge < -0.3 is 15.2 Å². The molecule has 0 spiro atoms. The molecule has 1 aromatic rings. The fraction of sp³-hybridized carbons (Fsp3) is 0.455. The van der Waals surface area contributed by atoms with E-state index in [0.717, 1.165) is 12.1 Å². The highest BCUT2D eigenvalue weighted by Gasteiger charge is 2.23. The lowest BCUT2D eigenvalue weighted by Gasteiger charge is -2.28. The normalized spacial score (nSPS) is 23.1. The van der Waals surface area contributed by atoms with Crippen LogP contribution in [0.1, 0.15) is 11.6 Å². The second kappa shape index (κ2) is 4.86. The van der Waals surface area contributed by atoms with E-state index in [1.165, 1.54) is 6.07 Å². The minimum Gasteiger partial charge on any atom is -0.376 e. The van der Waals surface area contributed by atoms with Crippen LogP contribution in [-0.2, 0) is 9.47 Å². The molecule has 5 heteroatoms. The van der Waals surface area contributed by atoms with E-state index in [1.54, 1.807) is 0 Å². The molecule has 3 nitrogen and oxygen atoms in total. The van der Waals surface area contributed by atoms with Crippen molar-refractivity contribution in [3.05, 3.63) is 35.4 Å². The van der Waals surface area contributed by atoms with Crippen LogP contribution in [0.4, 0.5) is 8.78 Å². The number of nitrogens with two attached hydrogens (primary N) is 1. The van der Waals surface area contributed by atoms with Gasteiger partial charge in [0.1, 0.15) is 6.10 Å². The predicted molar refractivity (Wildman–Crippen MR) is 53.8 cm³/mol. The summed E-state index contributed by atoms with van der Waals surface area (Å²) in [6.45, 7) is 1.39. The van der Waals surface area contributed by atoms with E-state index < -0.39 is 17.7 Å². The molecule has 2 atom stereocenters. The number of hydrogen-bond donors (Lipinski definition) is 1. The standard InChI is InChI=1S/C11H13F2NO2/c12-8-2-1-7(5-9(8)13)11(14)10-6-15-3-4-16-10/h1-2,5,10-11H,3-4,6,14H2. The maximum atomic E-state index is 13.0. The van der Waals surface area contributed by atoms with E-state index >= 15 is 0 Å². The number of halogens is 2. The molecule has 1 saturated heterocycles. The Bertz CT molecular complexity index is 367. The van der Waals surface area contributed by atoms with E-state index in [9.17, 15) is 8.78 Å². The van der Waals surface area contributed by atoms with Crippen molar-refractivity contribution in [1.82, 2.24) is 0 Å². The quantitative estimate of drug-likeness (QED) is 0.833. The molecule has 0 bridgehead atoms.